The number of carbonyl (C=O) groups excluding carboxylic acids is 1. The lowest BCUT2D eigenvalue weighted by Gasteiger charge is -2.28. The van der Waals surface area contributed by atoms with E-state index in [0.29, 0.717) is 11.0 Å². The van der Waals surface area contributed by atoms with Crippen molar-refractivity contribution in [3.63, 3.8) is 0 Å². The molecular weight excluding hydrogens is 289 g/mol. The second-order valence-corrected chi connectivity index (χ2v) is 6.45. The minimum Gasteiger partial charge on any atom is -0.756 e. The summed E-state index contributed by atoms with van der Waals surface area (Å²) in [6.07, 6.45) is -0.193. The van der Waals surface area contributed by atoms with Crippen molar-refractivity contribution < 1.29 is 37.6 Å². The summed E-state index contributed by atoms with van der Waals surface area (Å²) in [6, 6.07) is 0. The minimum absolute atomic E-state index is 0.0273. The van der Waals surface area contributed by atoms with Crippen LogP contribution in [0.15, 0.2) is 12.7 Å². The lowest BCUT2D eigenvalue weighted by Crippen LogP contribution is -2.37. The highest BCUT2D eigenvalue weighted by atomic mass is 31.2. The predicted octanol–water partition coefficient (Wildman–Crippen LogP) is -0.716. The minimum atomic E-state index is -4.49. The second-order valence-electron chi connectivity index (χ2n) is 5.04. The molecule has 1 N–H and O–H groups in total. The topological polar surface area (TPSA) is 105 Å². The van der Waals surface area contributed by atoms with Crippen molar-refractivity contribution in [3.8, 4) is 0 Å². The van der Waals surface area contributed by atoms with Crippen LogP contribution < -0.4 is 4.89 Å². The maximum atomic E-state index is 11.4. The SMILES string of the molecule is C=CC(=O)O[C@H](CO)COP(=O)([O-])OCC[N+](C)(C)C. The van der Waals surface area contributed by atoms with Crippen molar-refractivity contribution in [3.05, 3.63) is 12.7 Å². The van der Waals surface area contributed by atoms with Gasteiger partial charge in [0.1, 0.15) is 19.3 Å². The predicted molar refractivity (Wildman–Crippen MR) is 69.6 cm³/mol. The molecule has 0 spiro atoms. The van der Waals surface area contributed by atoms with Crippen LogP contribution in [-0.2, 0) is 23.1 Å². The molecule has 0 fully saturated rings. The first-order valence-electron chi connectivity index (χ1n) is 5.94. The average Bonchev–Trinajstić information content (AvgIpc) is 2.32. The van der Waals surface area contributed by atoms with Crippen LogP contribution in [0.4, 0.5) is 0 Å². The molecule has 20 heavy (non-hydrogen) atoms. The lowest BCUT2D eigenvalue weighted by atomic mass is 10.4. The van der Waals surface area contributed by atoms with Gasteiger partial charge in [-0.15, -0.1) is 0 Å². The summed E-state index contributed by atoms with van der Waals surface area (Å²) in [5.41, 5.74) is 0. The molecule has 0 aromatic rings. The van der Waals surface area contributed by atoms with Gasteiger partial charge in [-0.3, -0.25) is 4.57 Å². The van der Waals surface area contributed by atoms with Crippen LogP contribution in [0.3, 0.4) is 0 Å². The summed E-state index contributed by atoms with van der Waals surface area (Å²) in [4.78, 5) is 22.3. The molecule has 0 heterocycles. The Morgan fingerprint density at radius 1 is 1.45 bits per heavy atom. The van der Waals surface area contributed by atoms with E-state index >= 15 is 0 Å². The fourth-order valence-corrected chi connectivity index (χ4v) is 1.70. The zero-order chi connectivity index (χ0) is 15.8. The highest BCUT2D eigenvalue weighted by Gasteiger charge is 2.18. The molecule has 0 amide bonds. The van der Waals surface area contributed by atoms with E-state index in [-0.39, 0.29) is 6.61 Å². The zero-order valence-electron chi connectivity index (χ0n) is 12.0. The highest BCUT2D eigenvalue weighted by Crippen LogP contribution is 2.38. The number of aliphatic hydroxyl groups excluding tert-OH is 1. The standard InChI is InChI=1S/C11H22NO7P/c1-5-11(14)19-10(8-13)9-18-20(15,16)17-7-6-12(2,3)4/h5,10,13H,1,6-9H2,2-4H3/t10-/m1/s1. The van der Waals surface area contributed by atoms with Gasteiger partial charge in [0.2, 0.25) is 0 Å². The van der Waals surface area contributed by atoms with Crippen molar-refractivity contribution >= 4 is 13.8 Å². The van der Waals surface area contributed by atoms with Crippen LogP contribution in [0.2, 0.25) is 0 Å². The number of ether oxygens (including phenoxy) is 1. The van der Waals surface area contributed by atoms with Gasteiger partial charge < -0.3 is 28.3 Å². The molecule has 0 aromatic carbocycles. The Bertz CT molecular complexity index is 366. The summed E-state index contributed by atoms with van der Waals surface area (Å²) in [7, 11) is 1.17. The normalized spacial score (nSPS) is 16.2. The molecule has 0 aliphatic heterocycles. The summed E-state index contributed by atoms with van der Waals surface area (Å²) >= 11 is 0. The number of carbonyl (C=O) groups is 1. The number of hydrogen-bond donors (Lipinski definition) is 1. The molecule has 0 aliphatic rings. The van der Waals surface area contributed by atoms with Gasteiger partial charge in [0.15, 0.2) is 0 Å². The van der Waals surface area contributed by atoms with Crippen LogP contribution in [0.25, 0.3) is 0 Å². The van der Waals surface area contributed by atoms with Crippen LogP contribution in [0, 0.1) is 0 Å². The number of likely N-dealkylation sites (N-methyl/N-ethyl adjacent to an activating group) is 1. The van der Waals surface area contributed by atoms with Crippen molar-refractivity contribution in [1.82, 2.24) is 0 Å². The Balaban J connectivity index is 4.15. The van der Waals surface area contributed by atoms with Gasteiger partial charge in [0, 0.05) is 6.08 Å². The second kappa shape index (κ2) is 8.51. The van der Waals surface area contributed by atoms with Crippen molar-refractivity contribution in [2.45, 2.75) is 6.10 Å². The van der Waals surface area contributed by atoms with Crippen LogP contribution in [0.5, 0.6) is 0 Å². The van der Waals surface area contributed by atoms with E-state index in [9.17, 15) is 14.3 Å². The molecule has 0 aliphatic carbocycles. The third-order valence-corrected chi connectivity index (χ3v) is 3.05. The number of aliphatic hydroxyl groups is 1. The first-order chi connectivity index (χ1) is 9.09. The Labute approximate surface area is 118 Å². The molecule has 0 saturated heterocycles. The Morgan fingerprint density at radius 2 is 2.05 bits per heavy atom. The molecule has 2 atom stereocenters. The van der Waals surface area contributed by atoms with E-state index in [1.165, 1.54) is 0 Å². The Hall–Kier alpha value is -0.760. The molecule has 8 nitrogen and oxygen atoms in total. The van der Waals surface area contributed by atoms with Gasteiger partial charge in [0.05, 0.1) is 34.4 Å². The van der Waals surface area contributed by atoms with E-state index in [2.05, 4.69) is 20.4 Å². The summed E-state index contributed by atoms with van der Waals surface area (Å²) in [5, 5.41) is 8.92. The summed E-state index contributed by atoms with van der Waals surface area (Å²) < 4.78 is 25.8. The number of rotatable bonds is 10. The van der Waals surface area contributed by atoms with E-state index in [4.69, 9.17) is 5.11 Å². The number of phosphoric ester groups is 1. The van der Waals surface area contributed by atoms with E-state index in [1.54, 1.807) is 0 Å². The number of quaternary nitrogens is 1. The van der Waals surface area contributed by atoms with Gasteiger partial charge >= 0.3 is 5.97 Å². The number of nitrogens with zero attached hydrogens (tertiary/aromatic N) is 1. The van der Waals surface area contributed by atoms with E-state index < -0.39 is 33.1 Å². The largest absolute Gasteiger partial charge is 0.756 e. The number of phosphoric acid groups is 1. The monoisotopic (exact) mass is 311 g/mol. The first-order valence-corrected chi connectivity index (χ1v) is 7.40. The van der Waals surface area contributed by atoms with Crippen molar-refractivity contribution in [2.24, 2.45) is 0 Å². The fraction of sp³-hybridized carbons (Fsp3) is 0.727. The molecule has 0 rings (SSSR count). The third-order valence-electron chi connectivity index (χ3n) is 2.08. The highest BCUT2D eigenvalue weighted by molar-refractivity contribution is 7.45. The first kappa shape index (κ1) is 19.2. The molecule has 1 unspecified atom stereocenters. The fourth-order valence-electron chi connectivity index (χ4n) is 0.975. The maximum Gasteiger partial charge on any atom is 0.330 e. The summed E-state index contributed by atoms with van der Waals surface area (Å²) in [5.74, 6) is -0.778. The van der Waals surface area contributed by atoms with Crippen molar-refractivity contribution in [1.29, 1.82) is 0 Å². The molecular formula is C11H22NO7P. The van der Waals surface area contributed by atoms with Gasteiger partial charge in [-0.25, -0.2) is 4.79 Å². The quantitative estimate of drug-likeness (QED) is 0.246. The van der Waals surface area contributed by atoms with Crippen LogP contribution in [-0.4, -0.2) is 69.2 Å². The third kappa shape index (κ3) is 10.1. The maximum absolute atomic E-state index is 11.4. The average molecular weight is 311 g/mol. The van der Waals surface area contributed by atoms with E-state index in [1.807, 2.05) is 21.1 Å². The van der Waals surface area contributed by atoms with E-state index in [0.717, 1.165) is 6.08 Å². The Kier molecular flexibility index (Phi) is 8.19. The summed E-state index contributed by atoms with van der Waals surface area (Å²) in [6.45, 7) is 2.55. The molecule has 0 saturated carbocycles. The van der Waals surface area contributed by atoms with Gasteiger partial charge in [0.25, 0.3) is 7.82 Å². The Morgan fingerprint density at radius 3 is 2.50 bits per heavy atom. The molecule has 0 bridgehead atoms. The number of esters is 1. The van der Waals surface area contributed by atoms with Gasteiger partial charge in [-0.1, -0.05) is 6.58 Å². The smallest absolute Gasteiger partial charge is 0.330 e. The molecule has 9 heteroatoms. The van der Waals surface area contributed by atoms with Crippen LogP contribution in [0.1, 0.15) is 0 Å². The molecule has 0 aromatic heterocycles. The van der Waals surface area contributed by atoms with Gasteiger partial charge in [-0.05, 0) is 0 Å². The molecule has 118 valence electrons. The lowest BCUT2D eigenvalue weighted by molar-refractivity contribution is -0.870. The van der Waals surface area contributed by atoms with Crippen LogP contribution >= 0.6 is 7.82 Å². The van der Waals surface area contributed by atoms with Crippen molar-refractivity contribution in [2.75, 3.05) is 47.5 Å². The number of hydrogen-bond acceptors (Lipinski definition) is 7. The zero-order valence-corrected chi connectivity index (χ0v) is 12.9. The molecule has 0 radical (unpaired) electrons. The van der Waals surface area contributed by atoms with Gasteiger partial charge in [-0.2, -0.15) is 0 Å².